The number of nitrogens with zero attached hydrogens (tertiary/aromatic N) is 5. The van der Waals surface area contributed by atoms with Gasteiger partial charge in [-0.3, -0.25) is 14.1 Å². The van der Waals surface area contributed by atoms with Crippen molar-refractivity contribution in [3.63, 3.8) is 0 Å². The van der Waals surface area contributed by atoms with Gasteiger partial charge in [-0.15, -0.1) is 0 Å². The molecule has 0 aromatic carbocycles. The van der Waals surface area contributed by atoms with Gasteiger partial charge in [0.15, 0.2) is 0 Å². The second kappa shape index (κ2) is 6.70. The van der Waals surface area contributed by atoms with Crippen molar-refractivity contribution in [3.05, 3.63) is 33.8 Å². The SMILES string of the molecule is CCn1c(CC2CCN(Cc3cnn(C)c3C)CC2)n[nH]c1=O. The summed E-state index contributed by atoms with van der Waals surface area (Å²) in [5.74, 6) is 1.51. The van der Waals surface area contributed by atoms with Crippen molar-refractivity contribution in [1.82, 2.24) is 29.4 Å². The Labute approximate surface area is 136 Å². The summed E-state index contributed by atoms with van der Waals surface area (Å²) in [4.78, 5) is 14.1. The van der Waals surface area contributed by atoms with Crippen LogP contribution in [0.2, 0.25) is 0 Å². The molecule has 1 saturated heterocycles. The molecule has 23 heavy (non-hydrogen) atoms. The highest BCUT2D eigenvalue weighted by atomic mass is 16.1. The maximum absolute atomic E-state index is 11.6. The van der Waals surface area contributed by atoms with Gasteiger partial charge >= 0.3 is 5.69 Å². The summed E-state index contributed by atoms with van der Waals surface area (Å²) in [5.41, 5.74) is 2.47. The van der Waals surface area contributed by atoms with Crippen LogP contribution in [0, 0.1) is 12.8 Å². The molecule has 0 spiro atoms. The number of likely N-dealkylation sites (tertiary alicyclic amines) is 1. The molecule has 2 aromatic rings. The molecule has 3 rings (SSSR count). The fraction of sp³-hybridized carbons (Fsp3) is 0.688. The summed E-state index contributed by atoms with van der Waals surface area (Å²) in [6.07, 6.45) is 5.19. The topological polar surface area (TPSA) is 71.7 Å². The number of aromatic nitrogens is 5. The number of hydrogen-bond acceptors (Lipinski definition) is 4. The van der Waals surface area contributed by atoms with Gasteiger partial charge in [0.05, 0.1) is 6.20 Å². The average molecular weight is 318 g/mol. The smallest absolute Gasteiger partial charge is 0.299 e. The van der Waals surface area contributed by atoms with Gasteiger partial charge in [0, 0.05) is 37.8 Å². The van der Waals surface area contributed by atoms with Crippen LogP contribution in [-0.4, -0.2) is 42.5 Å². The summed E-state index contributed by atoms with van der Waals surface area (Å²) in [5, 5.41) is 11.1. The largest absolute Gasteiger partial charge is 0.343 e. The minimum Gasteiger partial charge on any atom is -0.299 e. The summed E-state index contributed by atoms with van der Waals surface area (Å²) in [6, 6.07) is 0. The molecule has 0 atom stereocenters. The highest BCUT2D eigenvalue weighted by Gasteiger charge is 2.22. The van der Waals surface area contributed by atoms with Crippen LogP contribution in [0.4, 0.5) is 0 Å². The van der Waals surface area contributed by atoms with Gasteiger partial charge in [-0.05, 0) is 45.7 Å². The molecule has 1 N–H and O–H groups in total. The lowest BCUT2D eigenvalue weighted by molar-refractivity contribution is 0.175. The maximum atomic E-state index is 11.6. The summed E-state index contributed by atoms with van der Waals surface area (Å²) in [6.45, 7) is 7.97. The van der Waals surface area contributed by atoms with E-state index in [9.17, 15) is 4.79 Å². The molecule has 0 radical (unpaired) electrons. The first-order valence-electron chi connectivity index (χ1n) is 8.42. The van der Waals surface area contributed by atoms with Crippen LogP contribution in [0.1, 0.15) is 36.8 Å². The van der Waals surface area contributed by atoms with Crippen LogP contribution in [0.15, 0.2) is 11.0 Å². The molecule has 126 valence electrons. The van der Waals surface area contributed by atoms with Crippen LogP contribution < -0.4 is 5.69 Å². The Morgan fingerprint density at radius 2 is 2.09 bits per heavy atom. The average Bonchev–Trinajstić information content (AvgIpc) is 3.06. The molecule has 7 nitrogen and oxygen atoms in total. The zero-order chi connectivity index (χ0) is 16.4. The number of hydrogen-bond donors (Lipinski definition) is 1. The van der Waals surface area contributed by atoms with Crippen LogP contribution in [0.25, 0.3) is 0 Å². The number of aryl methyl sites for hydroxylation is 1. The molecule has 7 heteroatoms. The minimum absolute atomic E-state index is 0.0908. The van der Waals surface area contributed by atoms with Gasteiger partial charge in [-0.25, -0.2) is 9.89 Å². The van der Waals surface area contributed by atoms with Crippen molar-refractivity contribution in [1.29, 1.82) is 0 Å². The fourth-order valence-corrected chi connectivity index (χ4v) is 3.38. The second-order valence-electron chi connectivity index (χ2n) is 6.49. The molecule has 3 heterocycles. The lowest BCUT2D eigenvalue weighted by atomic mass is 9.93. The molecule has 0 bridgehead atoms. The van der Waals surface area contributed by atoms with E-state index in [-0.39, 0.29) is 5.69 Å². The summed E-state index contributed by atoms with van der Waals surface area (Å²) in [7, 11) is 1.99. The molecule has 2 aromatic heterocycles. The molecular formula is C16H26N6O. The summed E-state index contributed by atoms with van der Waals surface area (Å²) >= 11 is 0. The normalized spacial score (nSPS) is 17.0. The van der Waals surface area contributed by atoms with E-state index < -0.39 is 0 Å². The third kappa shape index (κ3) is 3.39. The zero-order valence-electron chi connectivity index (χ0n) is 14.2. The number of rotatable bonds is 5. The van der Waals surface area contributed by atoms with Crippen molar-refractivity contribution >= 4 is 0 Å². The number of piperidine rings is 1. The quantitative estimate of drug-likeness (QED) is 0.896. The van der Waals surface area contributed by atoms with Crippen molar-refractivity contribution in [2.24, 2.45) is 13.0 Å². The van der Waals surface area contributed by atoms with Gasteiger partial charge in [0.25, 0.3) is 0 Å². The van der Waals surface area contributed by atoms with Crippen LogP contribution in [0.3, 0.4) is 0 Å². The van der Waals surface area contributed by atoms with Crippen LogP contribution in [-0.2, 0) is 26.6 Å². The molecule has 0 amide bonds. The zero-order valence-corrected chi connectivity index (χ0v) is 14.2. The molecule has 1 aliphatic heterocycles. The Balaban J connectivity index is 1.54. The monoisotopic (exact) mass is 318 g/mol. The van der Waals surface area contributed by atoms with Gasteiger partial charge in [-0.2, -0.15) is 10.2 Å². The van der Waals surface area contributed by atoms with E-state index in [1.165, 1.54) is 11.3 Å². The first-order valence-corrected chi connectivity index (χ1v) is 8.42. The first-order chi connectivity index (χ1) is 11.1. The van der Waals surface area contributed by atoms with Gasteiger partial charge in [0.1, 0.15) is 5.82 Å². The van der Waals surface area contributed by atoms with Crippen LogP contribution in [0.5, 0.6) is 0 Å². The third-order valence-electron chi connectivity index (χ3n) is 5.06. The Bertz CT molecular complexity index is 704. The minimum atomic E-state index is -0.0908. The predicted octanol–water partition coefficient (Wildman–Crippen LogP) is 1.09. The van der Waals surface area contributed by atoms with Gasteiger partial charge in [-0.1, -0.05) is 0 Å². The van der Waals surface area contributed by atoms with E-state index in [2.05, 4.69) is 27.1 Å². The first kappa shape index (κ1) is 16.0. The van der Waals surface area contributed by atoms with Crippen molar-refractivity contribution in [2.45, 2.75) is 46.2 Å². The van der Waals surface area contributed by atoms with Gasteiger partial charge in [0.2, 0.25) is 0 Å². The van der Waals surface area contributed by atoms with Crippen molar-refractivity contribution in [2.75, 3.05) is 13.1 Å². The van der Waals surface area contributed by atoms with E-state index >= 15 is 0 Å². The van der Waals surface area contributed by atoms with E-state index in [1.54, 1.807) is 4.57 Å². The molecular weight excluding hydrogens is 292 g/mol. The Morgan fingerprint density at radius 3 is 2.70 bits per heavy atom. The van der Waals surface area contributed by atoms with E-state index in [1.807, 2.05) is 24.9 Å². The highest BCUT2D eigenvalue weighted by Crippen LogP contribution is 2.22. The van der Waals surface area contributed by atoms with Crippen molar-refractivity contribution < 1.29 is 0 Å². The molecule has 1 aliphatic rings. The molecule has 1 fully saturated rings. The van der Waals surface area contributed by atoms with E-state index in [4.69, 9.17) is 0 Å². The highest BCUT2D eigenvalue weighted by molar-refractivity contribution is 5.15. The van der Waals surface area contributed by atoms with E-state index in [0.29, 0.717) is 12.5 Å². The second-order valence-corrected chi connectivity index (χ2v) is 6.49. The Morgan fingerprint density at radius 1 is 1.35 bits per heavy atom. The van der Waals surface area contributed by atoms with E-state index in [0.717, 1.165) is 44.7 Å². The number of aromatic amines is 1. The standard InChI is InChI=1S/C16H26N6O/c1-4-22-15(18-19-16(22)23)9-13-5-7-21(8-6-13)11-14-10-17-20(3)12(14)2/h10,13H,4-9,11H2,1-3H3,(H,19,23). The van der Waals surface area contributed by atoms with Gasteiger partial charge < -0.3 is 0 Å². The molecule has 0 saturated carbocycles. The summed E-state index contributed by atoms with van der Waals surface area (Å²) < 4.78 is 3.68. The molecule has 0 aliphatic carbocycles. The maximum Gasteiger partial charge on any atom is 0.343 e. The van der Waals surface area contributed by atoms with Crippen LogP contribution >= 0.6 is 0 Å². The number of nitrogens with one attached hydrogen (secondary N) is 1. The van der Waals surface area contributed by atoms with Crippen molar-refractivity contribution in [3.8, 4) is 0 Å². The predicted molar refractivity (Wildman–Crippen MR) is 88.2 cm³/mol. The fourth-order valence-electron chi connectivity index (χ4n) is 3.38. The Kier molecular flexibility index (Phi) is 4.66. The third-order valence-corrected chi connectivity index (χ3v) is 5.06. The lowest BCUT2D eigenvalue weighted by Crippen LogP contribution is -2.34. The Hall–Kier alpha value is -1.89. The number of H-pyrrole nitrogens is 1. The lowest BCUT2D eigenvalue weighted by Gasteiger charge is -2.31. The molecule has 0 unspecified atom stereocenters.